The van der Waals surface area contributed by atoms with Gasteiger partial charge < -0.3 is 5.11 Å². The Labute approximate surface area is 122 Å². The highest BCUT2D eigenvalue weighted by Gasteiger charge is 2.15. The third-order valence-electron chi connectivity index (χ3n) is 3.36. The summed E-state index contributed by atoms with van der Waals surface area (Å²) < 4.78 is 26.7. The second kappa shape index (κ2) is 7.20. The molecule has 0 aliphatic heterocycles. The van der Waals surface area contributed by atoms with Crippen LogP contribution in [0.1, 0.15) is 45.6 Å². The molecule has 0 aromatic heterocycles. The molecule has 1 atom stereocenters. The van der Waals surface area contributed by atoms with Crippen molar-refractivity contribution < 1.29 is 13.5 Å². The molecule has 0 saturated heterocycles. The van der Waals surface area contributed by atoms with Crippen LogP contribution in [0.4, 0.5) is 0 Å². The molecule has 0 spiro atoms. The largest absolute Gasteiger partial charge is 0.393 e. The van der Waals surface area contributed by atoms with Crippen molar-refractivity contribution in [2.75, 3.05) is 6.54 Å². The molecule has 0 saturated carbocycles. The fourth-order valence-electron chi connectivity index (χ4n) is 1.79. The second-order valence-corrected chi connectivity index (χ2v) is 7.49. The van der Waals surface area contributed by atoms with Gasteiger partial charge in [0.2, 0.25) is 10.0 Å². The maximum Gasteiger partial charge on any atom is 0.240 e. The van der Waals surface area contributed by atoms with Crippen LogP contribution in [-0.4, -0.2) is 26.2 Å². The minimum absolute atomic E-state index is 0.129. The Bertz CT molecular complexity index is 506. The summed E-state index contributed by atoms with van der Waals surface area (Å²) in [6.45, 7) is 8.19. The first-order valence-electron chi connectivity index (χ1n) is 7.01. The summed E-state index contributed by atoms with van der Waals surface area (Å²) in [6, 6.07) is 6.91. The lowest BCUT2D eigenvalue weighted by atomic mass is 10.0. The van der Waals surface area contributed by atoms with Crippen LogP contribution in [0.15, 0.2) is 29.2 Å². The van der Waals surface area contributed by atoms with E-state index in [1.165, 1.54) is 0 Å². The van der Waals surface area contributed by atoms with Crippen molar-refractivity contribution in [2.45, 2.75) is 51.0 Å². The van der Waals surface area contributed by atoms with E-state index in [4.69, 9.17) is 0 Å². The van der Waals surface area contributed by atoms with E-state index in [1.54, 1.807) is 12.1 Å². The van der Waals surface area contributed by atoms with E-state index in [0.29, 0.717) is 12.3 Å². The zero-order valence-corrected chi connectivity index (χ0v) is 13.4. The normalized spacial score (nSPS) is 13.9. The smallest absolute Gasteiger partial charge is 0.240 e. The van der Waals surface area contributed by atoms with Crippen LogP contribution in [0.2, 0.25) is 0 Å². The van der Waals surface area contributed by atoms with Crippen LogP contribution in [0, 0.1) is 5.92 Å². The van der Waals surface area contributed by atoms with Crippen LogP contribution < -0.4 is 4.72 Å². The molecule has 4 nitrogen and oxygen atoms in total. The maximum absolute atomic E-state index is 12.1. The third kappa shape index (κ3) is 4.89. The van der Waals surface area contributed by atoms with E-state index in [0.717, 1.165) is 5.56 Å². The standard InChI is InChI=1S/C15H25NO3S/c1-11(2)13-5-7-14(8-6-13)20(18,19)16-10-9-15(17)12(3)4/h5-8,11-12,15-17H,9-10H2,1-4H3. The van der Waals surface area contributed by atoms with Gasteiger partial charge in [-0.3, -0.25) is 0 Å². The number of rotatable bonds is 7. The molecular weight excluding hydrogens is 274 g/mol. The van der Waals surface area contributed by atoms with Gasteiger partial charge in [0.25, 0.3) is 0 Å². The van der Waals surface area contributed by atoms with E-state index >= 15 is 0 Å². The van der Waals surface area contributed by atoms with Gasteiger partial charge in [-0.25, -0.2) is 13.1 Å². The van der Waals surface area contributed by atoms with Crippen LogP contribution in [-0.2, 0) is 10.0 Å². The van der Waals surface area contributed by atoms with Crippen molar-refractivity contribution in [3.63, 3.8) is 0 Å². The van der Waals surface area contributed by atoms with Crippen molar-refractivity contribution in [1.82, 2.24) is 4.72 Å². The van der Waals surface area contributed by atoms with Crippen molar-refractivity contribution in [2.24, 2.45) is 5.92 Å². The number of hydrogen-bond acceptors (Lipinski definition) is 3. The number of nitrogens with one attached hydrogen (secondary N) is 1. The van der Waals surface area contributed by atoms with Gasteiger partial charge >= 0.3 is 0 Å². The Morgan fingerprint density at radius 1 is 1.10 bits per heavy atom. The van der Waals surface area contributed by atoms with Crippen LogP contribution >= 0.6 is 0 Å². The highest BCUT2D eigenvalue weighted by Crippen LogP contribution is 2.17. The number of sulfonamides is 1. The lowest BCUT2D eigenvalue weighted by molar-refractivity contribution is 0.118. The summed E-state index contributed by atoms with van der Waals surface area (Å²) >= 11 is 0. The fourth-order valence-corrected chi connectivity index (χ4v) is 2.84. The molecule has 0 fully saturated rings. The van der Waals surface area contributed by atoms with Gasteiger partial charge in [-0.05, 0) is 36.0 Å². The number of aliphatic hydroxyl groups is 1. The highest BCUT2D eigenvalue weighted by molar-refractivity contribution is 7.89. The van der Waals surface area contributed by atoms with Gasteiger partial charge in [-0.15, -0.1) is 0 Å². The monoisotopic (exact) mass is 299 g/mol. The molecule has 0 aliphatic carbocycles. The first-order valence-corrected chi connectivity index (χ1v) is 8.50. The van der Waals surface area contributed by atoms with E-state index < -0.39 is 16.1 Å². The Morgan fingerprint density at radius 2 is 1.65 bits per heavy atom. The zero-order valence-electron chi connectivity index (χ0n) is 12.6. The molecule has 20 heavy (non-hydrogen) atoms. The van der Waals surface area contributed by atoms with Gasteiger partial charge in [0.15, 0.2) is 0 Å². The molecule has 0 bridgehead atoms. The summed E-state index contributed by atoms with van der Waals surface area (Å²) in [7, 11) is -3.49. The minimum Gasteiger partial charge on any atom is -0.393 e. The number of hydrogen-bond donors (Lipinski definition) is 2. The van der Waals surface area contributed by atoms with Crippen molar-refractivity contribution in [1.29, 1.82) is 0 Å². The average molecular weight is 299 g/mol. The maximum atomic E-state index is 12.1. The molecule has 0 radical (unpaired) electrons. The van der Waals surface area contributed by atoms with Crippen molar-refractivity contribution >= 4 is 10.0 Å². The molecule has 0 aliphatic rings. The lowest BCUT2D eigenvalue weighted by Crippen LogP contribution is -2.28. The van der Waals surface area contributed by atoms with Crippen molar-refractivity contribution in [3.8, 4) is 0 Å². The molecule has 1 aromatic rings. The Morgan fingerprint density at radius 3 is 2.10 bits per heavy atom. The molecular formula is C15H25NO3S. The zero-order chi connectivity index (χ0) is 15.3. The van der Waals surface area contributed by atoms with Gasteiger partial charge in [0, 0.05) is 6.54 Å². The first kappa shape index (κ1) is 17.1. The lowest BCUT2D eigenvalue weighted by Gasteiger charge is -2.14. The predicted molar refractivity (Wildman–Crippen MR) is 81.2 cm³/mol. The first-order chi connectivity index (χ1) is 9.24. The molecule has 0 amide bonds. The van der Waals surface area contributed by atoms with E-state index in [2.05, 4.69) is 18.6 Å². The average Bonchev–Trinajstić information content (AvgIpc) is 2.38. The molecule has 5 heteroatoms. The summed E-state index contributed by atoms with van der Waals surface area (Å²) in [5.74, 6) is 0.505. The SMILES string of the molecule is CC(C)c1ccc(S(=O)(=O)NCCC(O)C(C)C)cc1. The Balaban J connectivity index is 2.65. The summed E-state index contributed by atoms with van der Waals surface area (Å²) in [5.41, 5.74) is 1.11. The predicted octanol–water partition coefficient (Wildman–Crippen LogP) is 2.50. The topological polar surface area (TPSA) is 66.4 Å². The molecule has 2 N–H and O–H groups in total. The summed E-state index contributed by atoms with van der Waals surface area (Å²) in [4.78, 5) is 0.265. The minimum atomic E-state index is -3.49. The van der Waals surface area contributed by atoms with Crippen LogP contribution in [0.5, 0.6) is 0 Å². The molecule has 114 valence electrons. The van der Waals surface area contributed by atoms with E-state index in [-0.39, 0.29) is 17.4 Å². The van der Waals surface area contributed by atoms with Gasteiger partial charge in [-0.2, -0.15) is 0 Å². The molecule has 1 rings (SSSR count). The second-order valence-electron chi connectivity index (χ2n) is 5.72. The number of aliphatic hydroxyl groups excluding tert-OH is 1. The van der Waals surface area contributed by atoms with Gasteiger partial charge in [0.05, 0.1) is 11.0 Å². The fraction of sp³-hybridized carbons (Fsp3) is 0.600. The Hall–Kier alpha value is -0.910. The van der Waals surface area contributed by atoms with Gasteiger partial charge in [0.1, 0.15) is 0 Å². The summed E-state index contributed by atoms with van der Waals surface area (Å²) in [5, 5.41) is 9.66. The summed E-state index contributed by atoms with van der Waals surface area (Å²) in [6.07, 6.45) is -0.0675. The van der Waals surface area contributed by atoms with Crippen LogP contribution in [0.3, 0.4) is 0 Å². The molecule has 1 unspecified atom stereocenters. The third-order valence-corrected chi connectivity index (χ3v) is 4.84. The van der Waals surface area contributed by atoms with Crippen LogP contribution in [0.25, 0.3) is 0 Å². The highest BCUT2D eigenvalue weighted by atomic mass is 32.2. The van der Waals surface area contributed by atoms with Crippen molar-refractivity contribution in [3.05, 3.63) is 29.8 Å². The molecule has 0 heterocycles. The quantitative estimate of drug-likeness (QED) is 0.813. The van der Waals surface area contributed by atoms with E-state index in [1.807, 2.05) is 26.0 Å². The number of benzene rings is 1. The Kier molecular flexibility index (Phi) is 6.17. The van der Waals surface area contributed by atoms with Gasteiger partial charge in [-0.1, -0.05) is 39.8 Å². The van der Waals surface area contributed by atoms with E-state index in [9.17, 15) is 13.5 Å². The molecule has 1 aromatic carbocycles.